The minimum Gasteiger partial charge on any atom is -0.372 e. The van der Waals surface area contributed by atoms with Gasteiger partial charge in [-0.1, -0.05) is 23.8 Å². The number of nitrogens with one attached hydrogen (secondary N) is 1. The van der Waals surface area contributed by atoms with Crippen LogP contribution in [0.5, 0.6) is 0 Å². The molecule has 11 heavy (non-hydrogen) atoms. The highest BCUT2D eigenvalue weighted by Crippen LogP contribution is 2.12. The van der Waals surface area contributed by atoms with Crippen LogP contribution in [0.15, 0.2) is 22.9 Å². The molecule has 1 N–H and O–H groups in total. The predicted molar refractivity (Wildman–Crippen MR) is 45.7 cm³/mol. The van der Waals surface area contributed by atoms with Gasteiger partial charge in [0.25, 0.3) is 0 Å². The Morgan fingerprint density at radius 3 is 3.00 bits per heavy atom. The minimum atomic E-state index is -0.153. The van der Waals surface area contributed by atoms with E-state index in [9.17, 15) is 4.79 Å². The van der Waals surface area contributed by atoms with Gasteiger partial charge in [-0.05, 0) is 0 Å². The lowest BCUT2D eigenvalue weighted by molar-refractivity contribution is -0.113. The van der Waals surface area contributed by atoms with Gasteiger partial charge in [0, 0.05) is 6.54 Å². The fourth-order valence-corrected chi connectivity index (χ4v) is 1.17. The first-order valence-electron chi connectivity index (χ1n) is 3.15. The molecule has 60 valence electrons. The Morgan fingerprint density at radius 2 is 2.45 bits per heavy atom. The number of ketones is 1. The molecule has 0 aliphatic carbocycles. The molecule has 0 unspecified atom stereocenters. The van der Waals surface area contributed by atoms with Crippen molar-refractivity contribution in [1.82, 2.24) is 5.32 Å². The van der Waals surface area contributed by atoms with Crippen LogP contribution in [0.4, 0.5) is 0 Å². The molecule has 1 rings (SSSR count). The standard InChI is InChI=1S/C7H7Cl2NO/c8-4-6(11)5-2-1-3-10-7(5)9/h1-2,10H,3-4H2. The van der Waals surface area contributed by atoms with Crippen molar-refractivity contribution >= 4 is 29.0 Å². The molecular weight excluding hydrogens is 185 g/mol. The molecule has 0 atom stereocenters. The molecule has 1 heterocycles. The van der Waals surface area contributed by atoms with Gasteiger partial charge in [0.1, 0.15) is 5.16 Å². The third-order valence-electron chi connectivity index (χ3n) is 1.32. The highest BCUT2D eigenvalue weighted by molar-refractivity contribution is 6.36. The molecule has 0 fully saturated rings. The second kappa shape index (κ2) is 3.79. The Labute approximate surface area is 74.9 Å². The van der Waals surface area contributed by atoms with Crippen LogP contribution in [0.3, 0.4) is 0 Å². The van der Waals surface area contributed by atoms with Gasteiger partial charge in [0.05, 0.1) is 11.5 Å². The molecule has 0 saturated carbocycles. The maximum absolute atomic E-state index is 11.0. The van der Waals surface area contributed by atoms with Crippen LogP contribution < -0.4 is 5.32 Å². The maximum Gasteiger partial charge on any atom is 0.180 e. The fraction of sp³-hybridized carbons (Fsp3) is 0.286. The zero-order chi connectivity index (χ0) is 8.27. The van der Waals surface area contributed by atoms with Crippen LogP contribution in [0.25, 0.3) is 0 Å². The molecule has 0 aromatic carbocycles. The summed E-state index contributed by atoms with van der Waals surface area (Å²) in [6.45, 7) is 0.665. The summed E-state index contributed by atoms with van der Waals surface area (Å²) < 4.78 is 0. The van der Waals surface area contributed by atoms with E-state index >= 15 is 0 Å². The molecule has 2 nitrogen and oxygen atoms in total. The molecular formula is C7H7Cl2NO. The Hall–Kier alpha value is -0.470. The van der Waals surface area contributed by atoms with Crippen molar-refractivity contribution < 1.29 is 4.79 Å². The normalized spacial score (nSPS) is 16.5. The summed E-state index contributed by atoms with van der Waals surface area (Å²) in [6, 6.07) is 0. The SMILES string of the molecule is O=C(CCl)C1=C(Cl)NCC=C1. The third-order valence-corrected chi connectivity index (χ3v) is 1.90. The van der Waals surface area contributed by atoms with E-state index in [1.54, 1.807) is 6.08 Å². The van der Waals surface area contributed by atoms with E-state index < -0.39 is 0 Å². The summed E-state index contributed by atoms with van der Waals surface area (Å²) in [5.41, 5.74) is 0.466. The lowest BCUT2D eigenvalue weighted by atomic mass is 10.1. The van der Waals surface area contributed by atoms with E-state index in [4.69, 9.17) is 23.2 Å². The molecule has 4 heteroatoms. The van der Waals surface area contributed by atoms with E-state index in [1.165, 1.54) is 0 Å². The first-order valence-corrected chi connectivity index (χ1v) is 4.06. The zero-order valence-electron chi connectivity index (χ0n) is 5.73. The van der Waals surface area contributed by atoms with Crippen LogP contribution in [0.1, 0.15) is 0 Å². The molecule has 1 aliphatic rings. The van der Waals surface area contributed by atoms with Gasteiger partial charge < -0.3 is 5.32 Å². The zero-order valence-corrected chi connectivity index (χ0v) is 7.24. The Morgan fingerprint density at radius 1 is 1.73 bits per heavy atom. The van der Waals surface area contributed by atoms with E-state index in [1.807, 2.05) is 6.08 Å². The molecule has 0 aromatic rings. The van der Waals surface area contributed by atoms with Crippen LogP contribution in [-0.4, -0.2) is 18.2 Å². The van der Waals surface area contributed by atoms with Crippen molar-refractivity contribution in [1.29, 1.82) is 0 Å². The van der Waals surface area contributed by atoms with Crippen molar-refractivity contribution in [2.75, 3.05) is 12.4 Å². The number of Topliss-reactive ketones (excluding diaryl/α,β-unsaturated/α-hetero) is 1. The van der Waals surface area contributed by atoms with Crippen LogP contribution in [-0.2, 0) is 4.79 Å². The summed E-state index contributed by atoms with van der Waals surface area (Å²) in [7, 11) is 0. The molecule has 0 bridgehead atoms. The maximum atomic E-state index is 11.0. The third kappa shape index (κ3) is 1.98. The van der Waals surface area contributed by atoms with Gasteiger partial charge in [-0.25, -0.2) is 0 Å². The highest BCUT2D eigenvalue weighted by Gasteiger charge is 2.11. The summed E-state index contributed by atoms with van der Waals surface area (Å²) in [6.07, 6.45) is 3.51. The minimum absolute atomic E-state index is 0.0302. The molecule has 1 aliphatic heterocycles. The molecule has 0 spiro atoms. The number of rotatable bonds is 2. The molecule has 0 aromatic heterocycles. The number of dihydropyridines is 1. The number of carbonyl (C=O) groups is 1. The summed E-state index contributed by atoms with van der Waals surface area (Å²) in [4.78, 5) is 11.0. The summed E-state index contributed by atoms with van der Waals surface area (Å²) in [5.74, 6) is -0.183. The first kappa shape index (κ1) is 8.62. The second-order valence-corrected chi connectivity index (χ2v) is 2.71. The smallest absolute Gasteiger partial charge is 0.180 e. The van der Waals surface area contributed by atoms with E-state index in [0.29, 0.717) is 17.3 Å². The largest absolute Gasteiger partial charge is 0.372 e. The average Bonchev–Trinajstić information content (AvgIpc) is 2.04. The van der Waals surface area contributed by atoms with Crippen molar-refractivity contribution in [2.24, 2.45) is 0 Å². The van der Waals surface area contributed by atoms with Crippen LogP contribution >= 0.6 is 23.2 Å². The topological polar surface area (TPSA) is 29.1 Å². The second-order valence-electron chi connectivity index (χ2n) is 2.07. The molecule has 0 amide bonds. The number of halogens is 2. The number of hydrogen-bond donors (Lipinski definition) is 1. The van der Waals surface area contributed by atoms with E-state index in [-0.39, 0.29) is 11.7 Å². The number of alkyl halides is 1. The average molecular weight is 192 g/mol. The van der Waals surface area contributed by atoms with Crippen LogP contribution in [0, 0.1) is 0 Å². The van der Waals surface area contributed by atoms with Gasteiger partial charge >= 0.3 is 0 Å². The lowest BCUT2D eigenvalue weighted by Crippen LogP contribution is -2.18. The Bertz CT molecular complexity index is 233. The van der Waals surface area contributed by atoms with Crippen LogP contribution in [0.2, 0.25) is 0 Å². The van der Waals surface area contributed by atoms with Gasteiger partial charge in [0.2, 0.25) is 0 Å². The Kier molecular flexibility index (Phi) is 2.97. The van der Waals surface area contributed by atoms with Crippen molar-refractivity contribution in [3.63, 3.8) is 0 Å². The summed E-state index contributed by atoms with van der Waals surface area (Å²) >= 11 is 11.0. The predicted octanol–water partition coefficient (Wildman–Crippen LogP) is 1.40. The molecule has 0 radical (unpaired) electrons. The van der Waals surface area contributed by atoms with Crippen molar-refractivity contribution in [2.45, 2.75) is 0 Å². The monoisotopic (exact) mass is 191 g/mol. The van der Waals surface area contributed by atoms with Gasteiger partial charge in [-0.2, -0.15) is 0 Å². The van der Waals surface area contributed by atoms with Gasteiger partial charge in [0.15, 0.2) is 5.78 Å². The number of allylic oxidation sites excluding steroid dienone is 2. The first-order chi connectivity index (χ1) is 5.25. The van der Waals surface area contributed by atoms with Crippen molar-refractivity contribution in [3.05, 3.63) is 22.9 Å². The summed E-state index contributed by atoms with van der Waals surface area (Å²) in [5, 5.41) is 3.21. The van der Waals surface area contributed by atoms with Gasteiger partial charge in [-0.15, -0.1) is 11.6 Å². The Balaban J connectivity index is 2.83. The lowest BCUT2D eigenvalue weighted by Gasteiger charge is -2.09. The highest BCUT2D eigenvalue weighted by atomic mass is 35.5. The fourth-order valence-electron chi connectivity index (χ4n) is 0.781. The molecule has 0 saturated heterocycles. The number of carbonyl (C=O) groups excluding carboxylic acids is 1. The van der Waals surface area contributed by atoms with Gasteiger partial charge in [-0.3, -0.25) is 4.79 Å². The quantitative estimate of drug-likeness (QED) is 0.529. The van der Waals surface area contributed by atoms with E-state index in [2.05, 4.69) is 5.32 Å². The number of hydrogen-bond acceptors (Lipinski definition) is 2. The van der Waals surface area contributed by atoms with E-state index in [0.717, 1.165) is 0 Å². The van der Waals surface area contributed by atoms with Crippen molar-refractivity contribution in [3.8, 4) is 0 Å².